The molecule has 1 unspecified atom stereocenters. The number of halogens is 2. The molecule has 1 heterocycles. The summed E-state index contributed by atoms with van der Waals surface area (Å²) in [7, 11) is 0. The summed E-state index contributed by atoms with van der Waals surface area (Å²) in [5.74, 6) is -1.13. The first kappa shape index (κ1) is 22.5. The molecule has 1 saturated heterocycles. The minimum Gasteiger partial charge on any atom is -0.343 e. The van der Waals surface area contributed by atoms with Crippen LogP contribution in [-0.4, -0.2) is 47.8 Å². The molecule has 0 saturated carbocycles. The maximum atomic E-state index is 12.7. The molecule has 1 aromatic carbocycles. The highest BCUT2D eigenvalue weighted by atomic mass is 35.5. The lowest BCUT2D eigenvalue weighted by atomic mass is 10.0. The lowest BCUT2D eigenvalue weighted by Gasteiger charge is -2.30. The van der Waals surface area contributed by atoms with Gasteiger partial charge in [0, 0.05) is 18.1 Å². The minimum absolute atomic E-state index is 0.0948. The van der Waals surface area contributed by atoms with Crippen molar-refractivity contribution in [3.05, 3.63) is 33.8 Å². The van der Waals surface area contributed by atoms with Crippen LogP contribution in [-0.2, 0) is 9.59 Å². The van der Waals surface area contributed by atoms with Crippen molar-refractivity contribution in [3.63, 3.8) is 0 Å². The molecule has 0 aliphatic carbocycles. The molecule has 1 aromatic rings. The zero-order chi connectivity index (χ0) is 20.8. The van der Waals surface area contributed by atoms with Crippen LogP contribution in [0.1, 0.15) is 50.4 Å². The van der Waals surface area contributed by atoms with E-state index in [1.165, 1.54) is 12.1 Å². The van der Waals surface area contributed by atoms with Crippen LogP contribution in [0.4, 0.5) is 0 Å². The fourth-order valence-electron chi connectivity index (χ4n) is 3.18. The maximum absolute atomic E-state index is 12.7. The quantitative estimate of drug-likeness (QED) is 0.730. The molecule has 28 heavy (non-hydrogen) atoms. The van der Waals surface area contributed by atoms with Gasteiger partial charge in [-0.3, -0.25) is 14.4 Å². The van der Waals surface area contributed by atoms with E-state index in [-0.39, 0.29) is 22.4 Å². The van der Waals surface area contributed by atoms with Crippen LogP contribution in [0.2, 0.25) is 10.0 Å². The summed E-state index contributed by atoms with van der Waals surface area (Å²) >= 11 is 11.9. The van der Waals surface area contributed by atoms with E-state index in [0.29, 0.717) is 5.02 Å². The Hall–Kier alpha value is -1.79. The Labute approximate surface area is 175 Å². The molecule has 2 rings (SSSR count). The Morgan fingerprint density at radius 2 is 1.64 bits per heavy atom. The smallest absolute Gasteiger partial charge is 0.253 e. The van der Waals surface area contributed by atoms with Gasteiger partial charge in [-0.1, -0.05) is 37.0 Å². The average Bonchev–Trinajstić information content (AvgIpc) is 2.65. The molecular formula is C20H27Cl2N3O3. The van der Waals surface area contributed by atoms with Gasteiger partial charge >= 0.3 is 0 Å². The van der Waals surface area contributed by atoms with Crippen molar-refractivity contribution in [2.75, 3.05) is 13.1 Å². The van der Waals surface area contributed by atoms with Gasteiger partial charge in [0.15, 0.2) is 0 Å². The first-order valence-electron chi connectivity index (χ1n) is 9.55. The van der Waals surface area contributed by atoms with E-state index in [1.807, 2.05) is 13.8 Å². The van der Waals surface area contributed by atoms with E-state index in [1.54, 1.807) is 17.9 Å². The van der Waals surface area contributed by atoms with E-state index >= 15 is 0 Å². The fourth-order valence-corrected chi connectivity index (χ4v) is 3.67. The molecule has 1 aliphatic heterocycles. The standard InChI is InChI=1S/C20H27Cl2N3O3/c1-12(2)17(24-18(26)15-8-7-14(21)11-16(15)22)19(27)23-13(3)20(28)25-9-5-4-6-10-25/h7-8,11-13,17H,4-6,9-10H2,1-3H3,(H,23,27)(H,24,26)/t13-,17?/m0/s1. The Bertz CT molecular complexity index is 733. The third kappa shape index (κ3) is 5.85. The van der Waals surface area contributed by atoms with Gasteiger partial charge in [0.2, 0.25) is 11.8 Å². The summed E-state index contributed by atoms with van der Waals surface area (Å²) in [6.45, 7) is 6.76. The largest absolute Gasteiger partial charge is 0.343 e. The van der Waals surface area contributed by atoms with Gasteiger partial charge in [0.05, 0.1) is 10.6 Å². The van der Waals surface area contributed by atoms with E-state index in [9.17, 15) is 14.4 Å². The summed E-state index contributed by atoms with van der Waals surface area (Å²) in [4.78, 5) is 39.6. The summed E-state index contributed by atoms with van der Waals surface area (Å²) in [6.07, 6.45) is 3.09. The molecule has 1 aliphatic rings. The molecule has 154 valence electrons. The fraction of sp³-hybridized carbons (Fsp3) is 0.550. The van der Waals surface area contributed by atoms with Gasteiger partial charge < -0.3 is 15.5 Å². The first-order valence-corrected chi connectivity index (χ1v) is 10.3. The Kier molecular flexibility index (Phi) is 8.13. The predicted molar refractivity (Wildman–Crippen MR) is 111 cm³/mol. The van der Waals surface area contributed by atoms with Crippen molar-refractivity contribution >= 4 is 40.9 Å². The third-order valence-electron chi connectivity index (χ3n) is 4.81. The van der Waals surface area contributed by atoms with Crippen LogP contribution in [0.15, 0.2) is 18.2 Å². The van der Waals surface area contributed by atoms with Gasteiger partial charge in [-0.2, -0.15) is 0 Å². The number of rotatable bonds is 6. The zero-order valence-electron chi connectivity index (χ0n) is 16.4. The number of amides is 3. The van der Waals surface area contributed by atoms with Crippen LogP contribution in [0.3, 0.4) is 0 Å². The van der Waals surface area contributed by atoms with Crippen LogP contribution in [0.5, 0.6) is 0 Å². The van der Waals surface area contributed by atoms with Crippen LogP contribution >= 0.6 is 23.2 Å². The summed E-state index contributed by atoms with van der Waals surface area (Å²) in [6, 6.07) is 3.10. The third-order valence-corrected chi connectivity index (χ3v) is 5.36. The van der Waals surface area contributed by atoms with Gasteiger partial charge in [-0.05, 0) is 50.3 Å². The highest BCUT2D eigenvalue weighted by Gasteiger charge is 2.29. The number of likely N-dealkylation sites (tertiary alicyclic amines) is 1. The number of piperidine rings is 1. The van der Waals surface area contributed by atoms with Crippen molar-refractivity contribution in [1.82, 2.24) is 15.5 Å². The molecule has 3 amide bonds. The number of hydrogen-bond donors (Lipinski definition) is 2. The lowest BCUT2D eigenvalue weighted by molar-refractivity contribution is -0.137. The monoisotopic (exact) mass is 427 g/mol. The van der Waals surface area contributed by atoms with Crippen LogP contribution in [0.25, 0.3) is 0 Å². The Balaban J connectivity index is 2.02. The number of carbonyl (C=O) groups is 3. The van der Waals surface area contributed by atoms with Crippen molar-refractivity contribution in [3.8, 4) is 0 Å². The topological polar surface area (TPSA) is 78.5 Å². The molecule has 0 spiro atoms. The zero-order valence-corrected chi connectivity index (χ0v) is 17.9. The number of nitrogens with one attached hydrogen (secondary N) is 2. The normalized spacial score (nSPS) is 16.4. The van der Waals surface area contributed by atoms with E-state index < -0.39 is 23.9 Å². The molecular weight excluding hydrogens is 401 g/mol. The molecule has 2 N–H and O–H groups in total. The van der Waals surface area contributed by atoms with E-state index in [4.69, 9.17) is 23.2 Å². The second kappa shape index (κ2) is 10.1. The Morgan fingerprint density at radius 1 is 1.00 bits per heavy atom. The molecule has 0 bridgehead atoms. The van der Waals surface area contributed by atoms with Gasteiger partial charge in [-0.25, -0.2) is 0 Å². The van der Waals surface area contributed by atoms with Crippen LogP contribution in [0, 0.1) is 5.92 Å². The summed E-state index contributed by atoms with van der Waals surface area (Å²) in [5.41, 5.74) is 0.238. The maximum Gasteiger partial charge on any atom is 0.253 e. The lowest BCUT2D eigenvalue weighted by Crippen LogP contribution is -2.55. The molecule has 1 fully saturated rings. The molecule has 6 nitrogen and oxygen atoms in total. The van der Waals surface area contributed by atoms with Crippen molar-refractivity contribution in [1.29, 1.82) is 0 Å². The SMILES string of the molecule is CC(C)C(NC(=O)c1ccc(Cl)cc1Cl)C(=O)N[C@@H](C)C(=O)N1CCCCC1. The number of benzene rings is 1. The van der Waals surface area contributed by atoms with E-state index in [0.717, 1.165) is 32.4 Å². The first-order chi connectivity index (χ1) is 13.2. The minimum atomic E-state index is -0.796. The van der Waals surface area contributed by atoms with Crippen LogP contribution < -0.4 is 10.6 Å². The Morgan fingerprint density at radius 3 is 2.21 bits per heavy atom. The van der Waals surface area contributed by atoms with Gasteiger partial charge in [0.25, 0.3) is 5.91 Å². The van der Waals surface area contributed by atoms with Crippen molar-refractivity contribution < 1.29 is 14.4 Å². The number of hydrogen-bond acceptors (Lipinski definition) is 3. The van der Waals surface area contributed by atoms with Gasteiger partial charge in [0.1, 0.15) is 12.1 Å². The second-order valence-electron chi connectivity index (χ2n) is 7.44. The molecule has 2 atom stereocenters. The van der Waals surface area contributed by atoms with Crippen molar-refractivity contribution in [2.45, 2.75) is 52.1 Å². The highest BCUT2D eigenvalue weighted by molar-refractivity contribution is 6.36. The highest BCUT2D eigenvalue weighted by Crippen LogP contribution is 2.21. The number of carbonyl (C=O) groups excluding carboxylic acids is 3. The van der Waals surface area contributed by atoms with Gasteiger partial charge in [-0.15, -0.1) is 0 Å². The predicted octanol–water partition coefficient (Wildman–Crippen LogP) is 3.27. The van der Waals surface area contributed by atoms with E-state index in [2.05, 4.69) is 10.6 Å². The molecule has 0 radical (unpaired) electrons. The molecule has 0 aromatic heterocycles. The second-order valence-corrected chi connectivity index (χ2v) is 8.28. The molecule has 8 heteroatoms. The number of nitrogens with zero attached hydrogens (tertiary/aromatic N) is 1. The van der Waals surface area contributed by atoms with Crippen molar-refractivity contribution in [2.24, 2.45) is 5.92 Å². The summed E-state index contributed by atoms with van der Waals surface area (Å²) in [5, 5.41) is 6.08. The average molecular weight is 428 g/mol. The summed E-state index contributed by atoms with van der Waals surface area (Å²) < 4.78 is 0.